The second-order valence-electron chi connectivity index (χ2n) is 4.73. The third kappa shape index (κ3) is 4.60. The van der Waals surface area contributed by atoms with Gasteiger partial charge in [0.1, 0.15) is 0 Å². The van der Waals surface area contributed by atoms with Gasteiger partial charge in [-0.3, -0.25) is 0 Å². The highest BCUT2D eigenvalue weighted by Gasteiger charge is 2.19. The maximum absolute atomic E-state index is 9.58. The number of aliphatic hydroxyl groups is 1. The van der Waals surface area contributed by atoms with Crippen molar-refractivity contribution in [2.45, 2.75) is 38.9 Å². The van der Waals surface area contributed by atoms with Crippen LogP contribution >= 0.6 is 0 Å². The van der Waals surface area contributed by atoms with Crippen LogP contribution in [0.1, 0.15) is 27.2 Å². The molecule has 1 atom stereocenters. The lowest BCUT2D eigenvalue weighted by molar-refractivity contribution is -0.0600. The number of ether oxygens (including phenoxy) is 1. The summed E-state index contributed by atoms with van der Waals surface area (Å²) in [6.07, 6.45) is 0.937. The van der Waals surface area contributed by atoms with E-state index in [-0.39, 0.29) is 11.7 Å². The van der Waals surface area contributed by atoms with E-state index < -0.39 is 0 Å². The van der Waals surface area contributed by atoms with E-state index in [4.69, 9.17) is 4.74 Å². The SMILES string of the molecule is CC(C)(C)OC[C@@H](O)CN1CCC1. The van der Waals surface area contributed by atoms with Crippen molar-refractivity contribution in [1.82, 2.24) is 4.90 Å². The summed E-state index contributed by atoms with van der Waals surface area (Å²) in [5, 5.41) is 9.58. The fourth-order valence-corrected chi connectivity index (χ4v) is 1.26. The molecule has 13 heavy (non-hydrogen) atoms. The number of likely N-dealkylation sites (tertiary alicyclic amines) is 1. The van der Waals surface area contributed by atoms with Crippen molar-refractivity contribution < 1.29 is 9.84 Å². The fraction of sp³-hybridized carbons (Fsp3) is 1.00. The molecule has 78 valence electrons. The highest BCUT2D eigenvalue weighted by molar-refractivity contribution is 4.72. The van der Waals surface area contributed by atoms with E-state index >= 15 is 0 Å². The van der Waals surface area contributed by atoms with Gasteiger partial charge in [-0.1, -0.05) is 0 Å². The summed E-state index contributed by atoms with van der Waals surface area (Å²) in [7, 11) is 0. The molecule has 1 rings (SSSR count). The standard InChI is InChI=1S/C10H21NO2/c1-10(2,3)13-8-9(12)7-11-5-4-6-11/h9,12H,4-8H2,1-3H3/t9-/m0/s1. The van der Waals surface area contributed by atoms with Crippen LogP contribution in [0.15, 0.2) is 0 Å². The van der Waals surface area contributed by atoms with Crippen LogP contribution in [-0.2, 0) is 4.74 Å². The number of rotatable bonds is 4. The first-order chi connectivity index (χ1) is 5.97. The molecule has 1 N–H and O–H groups in total. The van der Waals surface area contributed by atoms with Crippen LogP contribution in [-0.4, -0.2) is 48.0 Å². The molecule has 1 heterocycles. The van der Waals surface area contributed by atoms with E-state index in [1.807, 2.05) is 20.8 Å². The van der Waals surface area contributed by atoms with Crippen LogP contribution in [0.3, 0.4) is 0 Å². The molecule has 3 heteroatoms. The third-order valence-electron chi connectivity index (χ3n) is 2.13. The van der Waals surface area contributed by atoms with Gasteiger partial charge in [-0.2, -0.15) is 0 Å². The summed E-state index contributed by atoms with van der Waals surface area (Å²) < 4.78 is 5.48. The largest absolute Gasteiger partial charge is 0.389 e. The lowest BCUT2D eigenvalue weighted by atomic mass is 10.2. The van der Waals surface area contributed by atoms with Crippen molar-refractivity contribution in [2.75, 3.05) is 26.2 Å². The Bertz CT molecular complexity index is 149. The van der Waals surface area contributed by atoms with Gasteiger partial charge in [-0.15, -0.1) is 0 Å². The van der Waals surface area contributed by atoms with Gasteiger partial charge in [0.15, 0.2) is 0 Å². The molecule has 0 aromatic heterocycles. The van der Waals surface area contributed by atoms with Crippen LogP contribution in [0, 0.1) is 0 Å². The second kappa shape index (κ2) is 4.40. The van der Waals surface area contributed by atoms with E-state index in [0.717, 1.165) is 19.6 Å². The van der Waals surface area contributed by atoms with Crippen LogP contribution in [0.5, 0.6) is 0 Å². The van der Waals surface area contributed by atoms with Crippen molar-refractivity contribution in [3.8, 4) is 0 Å². The Morgan fingerprint density at radius 2 is 2.00 bits per heavy atom. The maximum Gasteiger partial charge on any atom is 0.0900 e. The molecule has 1 saturated heterocycles. The molecular weight excluding hydrogens is 166 g/mol. The Hall–Kier alpha value is -0.120. The summed E-state index contributed by atoms with van der Waals surface area (Å²) in [4.78, 5) is 2.25. The van der Waals surface area contributed by atoms with Gasteiger partial charge in [0.05, 0.1) is 18.3 Å². The van der Waals surface area contributed by atoms with Crippen LogP contribution < -0.4 is 0 Å². The van der Waals surface area contributed by atoms with Crippen LogP contribution in [0.25, 0.3) is 0 Å². The van der Waals surface area contributed by atoms with Gasteiger partial charge in [-0.05, 0) is 40.3 Å². The molecule has 0 radical (unpaired) electrons. The van der Waals surface area contributed by atoms with Gasteiger partial charge in [0.2, 0.25) is 0 Å². The van der Waals surface area contributed by atoms with E-state index in [0.29, 0.717) is 6.61 Å². The first kappa shape index (κ1) is 11.0. The molecule has 0 spiro atoms. The Balaban J connectivity index is 2.06. The molecule has 1 aliphatic rings. The summed E-state index contributed by atoms with van der Waals surface area (Å²) in [6, 6.07) is 0. The van der Waals surface area contributed by atoms with Crippen LogP contribution in [0.4, 0.5) is 0 Å². The highest BCUT2D eigenvalue weighted by Crippen LogP contribution is 2.10. The second-order valence-corrected chi connectivity index (χ2v) is 4.73. The van der Waals surface area contributed by atoms with Crippen molar-refractivity contribution >= 4 is 0 Å². The summed E-state index contributed by atoms with van der Waals surface area (Å²) >= 11 is 0. The third-order valence-corrected chi connectivity index (χ3v) is 2.13. The quantitative estimate of drug-likeness (QED) is 0.709. The molecule has 0 aliphatic carbocycles. The number of hydrogen-bond donors (Lipinski definition) is 1. The smallest absolute Gasteiger partial charge is 0.0900 e. The fourth-order valence-electron chi connectivity index (χ4n) is 1.26. The van der Waals surface area contributed by atoms with Crippen molar-refractivity contribution in [3.05, 3.63) is 0 Å². The van der Waals surface area contributed by atoms with Crippen LogP contribution in [0.2, 0.25) is 0 Å². The van der Waals surface area contributed by atoms with Gasteiger partial charge >= 0.3 is 0 Å². The Morgan fingerprint density at radius 3 is 2.38 bits per heavy atom. The number of nitrogens with zero attached hydrogens (tertiary/aromatic N) is 1. The van der Waals surface area contributed by atoms with Gasteiger partial charge in [0.25, 0.3) is 0 Å². The van der Waals surface area contributed by atoms with Crippen molar-refractivity contribution in [3.63, 3.8) is 0 Å². The summed E-state index contributed by atoms with van der Waals surface area (Å²) in [5.74, 6) is 0. The normalized spacial score (nSPS) is 21.2. The molecule has 0 bridgehead atoms. The zero-order valence-electron chi connectivity index (χ0n) is 8.92. The van der Waals surface area contributed by atoms with E-state index in [2.05, 4.69) is 4.90 Å². The molecule has 0 saturated carbocycles. The van der Waals surface area contributed by atoms with Gasteiger partial charge in [0, 0.05) is 6.54 Å². The minimum absolute atomic E-state index is 0.143. The Labute approximate surface area is 80.7 Å². The zero-order valence-corrected chi connectivity index (χ0v) is 8.92. The first-order valence-corrected chi connectivity index (χ1v) is 5.02. The van der Waals surface area contributed by atoms with Crippen molar-refractivity contribution in [1.29, 1.82) is 0 Å². The Morgan fingerprint density at radius 1 is 1.38 bits per heavy atom. The molecule has 0 unspecified atom stereocenters. The number of hydrogen-bond acceptors (Lipinski definition) is 3. The predicted octanol–water partition coefficient (Wildman–Crippen LogP) is 0.868. The summed E-state index contributed by atoms with van der Waals surface area (Å²) in [6.45, 7) is 9.48. The molecular formula is C10H21NO2. The maximum atomic E-state index is 9.58. The monoisotopic (exact) mass is 187 g/mol. The average Bonchev–Trinajstić information content (AvgIpc) is 1.91. The van der Waals surface area contributed by atoms with Crippen molar-refractivity contribution in [2.24, 2.45) is 0 Å². The zero-order chi connectivity index (χ0) is 9.90. The topological polar surface area (TPSA) is 32.7 Å². The van der Waals surface area contributed by atoms with Gasteiger partial charge < -0.3 is 14.7 Å². The predicted molar refractivity (Wildman–Crippen MR) is 52.8 cm³/mol. The molecule has 3 nitrogen and oxygen atoms in total. The molecule has 1 aliphatic heterocycles. The van der Waals surface area contributed by atoms with E-state index in [9.17, 15) is 5.11 Å². The van der Waals surface area contributed by atoms with Gasteiger partial charge in [-0.25, -0.2) is 0 Å². The number of β-amino-alcohol motifs (C(OH)–C–C–N with tert-alkyl or cyclic N) is 1. The highest BCUT2D eigenvalue weighted by atomic mass is 16.5. The first-order valence-electron chi connectivity index (χ1n) is 5.02. The van der Waals surface area contributed by atoms with E-state index in [1.165, 1.54) is 6.42 Å². The molecule has 0 aromatic carbocycles. The number of aliphatic hydroxyl groups excluding tert-OH is 1. The summed E-state index contributed by atoms with van der Waals surface area (Å²) in [5.41, 5.74) is -0.143. The molecule has 0 amide bonds. The minimum Gasteiger partial charge on any atom is -0.389 e. The molecule has 1 fully saturated rings. The Kier molecular flexibility index (Phi) is 3.71. The average molecular weight is 187 g/mol. The van der Waals surface area contributed by atoms with E-state index in [1.54, 1.807) is 0 Å². The molecule has 0 aromatic rings. The lowest BCUT2D eigenvalue weighted by Crippen LogP contribution is -2.44. The minimum atomic E-state index is -0.334. The lowest BCUT2D eigenvalue weighted by Gasteiger charge is -2.33.